The Morgan fingerprint density at radius 3 is 2.44 bits per heavy atom. The lowest BCUT2D eigenvalue weighted by Crippen LogP contribution is -2.29. The number of aliphatic hydroxyl groups excluding tert-OH is 1. The zero-order valence-corrected chi connectivity index (χ0v) is 12.3. The summed E-state index contributed by atoms with van der Waals surface area (Å²) in [5.41, 5.74) is 1.87. The van der Waals surface area contributed by atoms with E-state index in [-0.39, 0.29) is 6.61 Å². The minimum Gasteiger partial charge on any atom is -0.391 e. The van der Waals surface area contributed by atoms with Gasteiger partial charge in [0.15, 0.2) is 0 Å². The molecule has 18 heavy (non-hydrogen) atoms. The average molecular weight is 254 g/mol. The van der Waals surface area contributed by atoms with Gasteiger partial charge in [0.1, 0.15) is 5.82 Å². The first-order chi connectivity index (χ1) is 8.51. The van der Waals surface area contributed by atoms with Gasteiger partial charge in [-0.2, -0.15) is 5.10 Å². The fraction of sp³-hybridized carbons (Fsp3) is 0.769. The molecule has 0 radical (unpaired) electrons. The highest BCUT2D eigenvalue weighted by atomic mass is 16.3. The van der Waals surface area contributed by atoms with Crippen molar-refractivity contribution in [3.8, 4) is 0 Å². The summed E-state index contributed by atoms with van der Waals surface area (Å²) in [6.45, 7) is 7.13. The number of nitrogens with zero attached hydrogens (tertiary/aromatic N) is 4. The Morgan fingerprint density at radius 1 is 1.28 bits per heavy atom. The predicted octanol–water partition coefficient (Wildman–Crippen LogP) is 0.999. The normalized spacial score (nSPS) is 11.3. The minimum atomic E-state index is 0.0547. The highest BCUT2D eigenvalue weighted by molar-refractivity contribution is 5.49. The fourth-order valence-electron chi connectivity index (χ4n) is 2.26. The molecule has 1 N–H and O–H groups in total. The molecule has 0 aliphatic carbocycles. The molecule has 1 heterocycles. The Kier molecular flexibility index (Phi) is 5.62. The highest BCUT2D eigenvalue weighted by Gasteiger charge is 2.17. The van der Waals surface area contributed by atoms with Crippen molar-refractivity contribution in [1.29, 1.82) is 0 Å². The standard InChI is InChI=1S/C13H26N4O/c1-6-17(9-7-8-15(3)4)13-12(10-18)11(2)14-16(13)5/h18H,6-10H2,1-5H3. The van der Waals surface area contributed by atoms with Crippen LogP contribution in [0.25, 0.3) is 0 Å². The van der Waals surface area contributed by atoms with Crippen molar-refractivity contribution >= 4 is 5.82 Å². The molecular formula is C13H26N4O. The Morgan fingerprint density at radius 2 is 1.94 bits per heavy atom. The van der Waals surface area contributed by atoms with E-state index in [1.165, 1.54) is 0 Å². The van der Waals surface area contributed by atoms with Gasteiger partial charge in [0, 0.05) is 25.7 Å². The lowest BCUT2D eigenvalue weighted by atomic mass is 10.2. The second kappa shape index (κ2) is 6.75. The minimum absolute atomic E-state index is 0.0547. The van der Waals surface area contributed by atoms with Crippen molar-refractivity contribution in [3.63, 3.8) is 0 Å². The van der Waals surface area contributed by atoms with Gasteiger partial charge in [-0.25, -0.2) is 0 Å². The van der Waals surface area contributed by atoms with Crippen LogP contribution in [0, 0.1) is 6.92 Å². The summed E-state index contributed by atoms with van der Waals surface area (Å²) >= 11 is 0. The van der Waals surface area contributed by atoms with E-state index < -0.39 is 0 Å². The van der Waals surface area contributed by atoms with E-state index in [2.05, 4.69) is 35.9 Å². The summed E-state index contributed by atoms with van der Waals surface area (Å²) < 4.78 is 1.88. The van der Waals surface area contributed by atoms with Crippen LogP contribution in [0.1, 0.15) is 24.6 Å². The first-order valence-electron chi connectivity index (χ1n) is 6.54. The number of aliphatic hydroxyl groups is 1. The third-order valence-corrected chi connectivity index (χ3v) is 3.19. The van der Waals surface area contributed by atoms with Gasteiger partial charge in [-0.15, -0.1) is 0 Å². The predicted molar refractivity (Wildman–Crippen MR) is 74.9 cm³/mol. The van der Waals surface area contributed by atoms with Crippen LogP contribution in [-0.4, -0.2) is 53.5 Å². The van der Waals surface area contributed by atoms with Crippen molar-refractivity contribution < 1.29 is 5.11 Å². The third kappa shape index (κ3) is 3.46. The maximum atomic E-state index is 9.48. The van der Waals surface area contributed by atoms with Gasteiger partial charge in [-0.05, 0) is 40.9 Å². The summed E-state index contributed by atoms with van der Waals surface area (Å²) in [5.74, 6) is 1.05. The molecule has 5 nitrogen and oxygen atoms in total. The van der Waals surface area contributed by atoms with E-state index in [0.29, 0.717) is 0 Å². The smallest absolute Gasteiger partial charge is 0.132 e. The first-order valence-corrected chi connectivity index (χ1v) is 6.54. The van der Waals surface area contributed by atoms with Crippen LogP contribution in [0.4, 0.5) is 5.82 Å². The molecule has 0 aliphatic heterocycles. The molecule has 0 saturated heterocycles. The topological polar surface area (TPSA) is 44.5 Å². The van der Waals surface area contributed by atoms with E-state index in [1.54, 1.807) is 0 Å². The Balaban J connectivity index is 2.81. The molecule has 1 rings (SSSR count). The Labute approximate surface area is 110 Å². The van der Waals surface area contributed by atoms with E-state index in [9.17, 15) is 5.11 Å². The summed E-state index contributed by atoms with van der Waals surface area (Å²) in [6.07, 6.45) is 1.11. The number of hydrogen-bond donors (Lipinski definition) is 1. The molecule has 0 unspecified atom stereocenters. The van der Waals surface area contributed by atoms with Crippen LogP contribution in [0.3, 0.4) is 0 Å². The molecule has 0 saturated carbocycles. The third-order valence-electron chi connectivity index (χ3n) is 3.19. The Bertz CT molecular complexity index is 373. The van der Waals surface area contributed by atoms with Gasteiger partial charge in [-0.1, -0.05) is 0 Å². The van der Waals surface area contributed by atoms with Crippen LogP contribution in [-0.2, 0) is 13.7 Å². The quantitative estimate of drug-likeness (QED) is 0.788. The lowest BCUT2D eigenvalue weighted by Gasteiger charge is -2.25. The van der Waals surface area contributed by atoms with Crippen molar-refractivity contribution in [2.45, 2.75) is 26.9 Å². The number of rotatable bonds is 7. The maximum Gasteiger partial charge on any atom is 0.132 e. The van der Waals surface area contributed by atoms with E-state index in [4.69, 9.17) is 0 Å². The second-order valence-electron chi connectivity index (χ2n) is 4.91. The number of aryl methyl sites for hydroxylation is 2. The molecule has 0 aromatic carbocycles. The van der Waals surface area contributed by atoms with Crippen LogP contribution < -0.4 is 4.90 Å². The summed E-state index contributed by atoms with van der Waals surface area (Å²) in [7, 11) is 6.11. The van der Waals surface area contributed by atoms with Crippen LogP contribution in [0.5, 0.6) is 0 Å². The van der Waals surface area contributed by atoms with Crippen LogP contribution in [0.2, 0.25) is 0 Å². The summed E-state index contributed by atoms with van der Waals surface area (Å²) in [5, 5.41) is 13.9. The molecular weight excluding hydrogens is 228 g/mol. The molecule has 5 heteroatoms. The molecule has 1 aromatic rings. The maximum absolute atomic E-state index is 9.48. The van der Waals surface area contributed by atoms with Gasteiger partial charge in [0.05, 0.1) is 12.3 Å². The van der Waals surface area contributed by atoms with Crippen LogP contribution in [0.15, 0.2) is 0 Å². The van der Waals surface area contributed by atoms with Gasteiger partial charge in [0.25, 0.3) is 0 Å². The molecule has 0 fully saturated rings. The molecule has 1 aromatic heterocycles. The summed E-state index contributed by atoms with van der Waals surface area (Å²) in [6, 6.07) is 0. The van der Waals surface area contributed by atoms with Crippen LogP contribution >= 0.6 is 0 Å². The van der Waals surface area contributed by atoms with Crippen molar-refractivity contribution in [2.24, 2.45) is 7.05 Å². The van der Waals surface area contributed by atoms with Gasteiger partial charge >= 0.3 is 0 Å². The number of anilines is 1. The molecule has 0 bridgehead atoms. The highest BCUT2D eigenvalue weighted by Crippen LogP contribution is 2.23. The van der Waals surface area contributed by atoms with Crippen molar-refractivity contribution in [1.82, 2.24) is 14.7 Å². The number of aromatic nitrogens is 2. The van der Waals surface area contributed by atoms with E-state index >= 15 is 0 Å². The first kappa shape index (κ1) is 15.0. The monoisotopic (exact) mass is 254 g/mol. The van der Waals surface area contributed by atoms with E-state index in [1.807, 2.05) is 18.7 Å². The number of hydrogen-bond acceptors (Lipinski definition) is 4. The fourth-order valence-corrected chi connectivity index (χ4v) is 2.26. The molecule has 0 amide bonds. The largest absolute Gasteiger partial charge is 0.391 e. The second-order valence-corrected chi connectivity index (χ2v) is 4.91. The van der Waals surface area contributed by atoms with Crippen molar-refractivity contribution in [3.05, 3.63) is 11.3 Å². The van der Waals surface area contributed by atoms with Crippen molar-refractivity contribution in [2.75, 3.05) is 38.6 Å². The SMILES string of the molecule is CCN(CCCN(C)C)c1c(CO)c(C)nn1C. The van der Waals surface area contributed by atoms with E-state index in [0.717, 1.165) is 43.1 Å². The zero-order chi connectivity index (χ0) is 13.7. The van der Waals surface area contributed by atoms with Gasteiger partial charge in [-0.3, -0.25) is 4.68 Å². The zero-order valence-electron chi connectivity index (χ0n) is 12.3. The molecule has 0 atom stereocenters. The molecule has 0 spiro atoms. The van der Waals surface area contributed by atoms with Gasteiger partial charge < -0.3 is 14.9 Å². The lowest BCUT2D eigenvalue weighted by molar-refractivity contribution is 0.281. The van der Waals surface area contributed by atoms with Gasteiger partial charge in [0.2, 0.25) is 0 Å². The Hall–Kier alpha value is -1.07. The average Bonchev–Trinajstić information content (AvgIpc) is 2.59. The molecule has 104 valence electrons. The summed E-state index contributed by atoms with van der Waals surface area (Å²) in [4.78, 5) is 4.48. The molecule has 0 aliphatic rings.